The van der Waals surface area contributed by atoms with Crippen LogP contribution in [0.25, 0.3) is 11.3 Å². The Morgan fingerprint density at radius 3 is 2.56 bits per heavy atom. The summed E-state index contributed by atoms with van der Waals surface area (Å²) in [5.41, 5.74) is 2.79. The molecular weight excluding hydrogens is 500 g/mol. The van der Waals surface area contributed by atoms with Crippen LogP contribution in [-0.2, 0) is 17.7 Å². The second-order valence-corrected chi connectivity index (χ2v) is 11.2. The Balaban J connectivity index is 1.21. The number of likely N-dealkylation sites (tertiary alicyclic amines) is 1. The van der Waals surface area contributed by atoms with Crippen LogP contribution in [0.3, 0.4) is 0 Å². The highest BCUT2D eigenvalue weighted by Crippen LogP contribution is 2.38. The molecule has 0 amide bonds. The topological polar surface area (TPSA) is 71.3 Å². The number of nitrogens with zero attached hydrogens (tertiary/aromatic N) is 6. The third-order valence-corrected chi connectivity index (χ3v) is 8.69. The summed E-state index contributed by atoms with van der Waals surface area (Å²) < 4.78 is 35.4. The van der Waals surface area contributed by atoms with Crippen molar-refractivity contribution in [3.63, 3.8) is 0 Å². The highest BCUT2D eigenvalue weighted by Gasteiger charge is 2.44. The number of imidazole rings is 1. The molecular formula is C29H37F2N7O. The third-order valence-electron chi connectivity index (χ3n) is 8.69. The lowest BCUT2D eigenvalue weighted by molar-refractivity contribution is -0.105. The van der Waals surface area contributed by atoms with Crippen LogP contribution in [0.1, 0.15) is 43.5 Å². The van der Waals surface area contributed by atoms with Crippen LogP contribution in [0, 0.1) is 17.0 Å². The fourth-order valence-electron chi connectivity index (χ4n) is 6.39. The Bertz CT molecular complexity index is 1320. The fourth-order valence-corrected chi connectivity index (χ4v) is 6.39. The maximum absolute atomic E-state index is 14.1. The summed E-state index contributed by atoms with van der Waals surface area (Å²) in [6.07, 6.45) is 7.59. The second kappa shape index (κ2) is 10.8. The van der Waals surface area contributed by atoms with E-state index in [4.69, 9.17) is 9.72 Å². The number of anilines is 2. The summed E-state index contributed by atoms with van der Waals surface area (Å²) in [7, 11) is 1.89. The number of halogens is 2. The van der Waals surface area contributed by atoms with Crippen molar-refractivity contribution in [3.05, 3.63) is 53.7 Å². The molecule has 1 aromatic carbocycles. The highest BCUT2D eigenvalue weighted by molar-refractivity contribution is 5.60. The molecule has 1 spiro atoms. The van der Waals surface area contributed by atoms with E-state index in [2.05, 4.69) is 36.6 Å². The molecule has 39 heavy (non-hydrogen) atoms. The van der Waals surface area contributed by atoms with Crippen LogP contribution < -0.4 is 10.2 Å². The molecule has 0 unspecified atom stereocenters. The van der Waals surface area contributed by atoms with Crippen molar-refractivity contribution >= 4 is 11.6 Å². The quantitative estimate of drug-likeness (QED) is 0.459. The zero-order chi connectivity index (χ0) is 27.0. The zero-order valence-electron chi connectivity index (χ0n) is 22.8. The first-order chi connectivity index (χ1) is 19.0. The van der Waals surface area contributed by atoms with E-state index in [0.717, 1.165) is 94.8 Å². The molecule has 0 aliphatic carbocycles. The van der Waals surface area contributed by atoms with Gasteiger partial charge in [-0.3, -0.25) is 0 Å². The number of hydrogen-bond donors (Lipinski definition) is 1. The van der Waals surface area contributed by atoms with Crippen molar-refractivity contribution in [1.29, 1.82) is 0 Å². The normalized spacial score (nSPS) is 19.5. The summed E-state index contributed by atoms with van der Waals surface area (Å²) in [6.45, 7) is 9.57. The van der Waals surface area contributed by atoms with Crippen LogP contribution in [0.2, 0.25) is 0 Å². The van der Waals surface area contributed by atoms with Gasteiger partial charge in [0.25, 0.3) is 0 Å². The van der Waals surface area contributed by atoms with E-state index in [-0.39, 0.29) is 5.92 Å². The largest absolute Gasteiger partial charge is 0.380 e. The van der Waals surface area contributed by atoms with Crippen LogP contribution in [0.5, 0.6) is 0 Å². The summed E-state index contributed by atoms with van der Waals surface area (Å²) in [5.74, 6) is 1.51. The van der Waals surface area contributed by atoms with Gasteiger partial charge in [-0.05, 0) is 50.4 Å². The Morgan fingerprint density at radius 1 is 1.08 bits per heavy atom. The maximum Gasteiger partial charge on any atom is 0.159 e. The molecule has 3 aromatic rings. The molecule has 0 atom stereocenters. The summed E-state index contributed by atoms with van der Waals surface area (Å²) >= 11 is 0. The van der Waals surface area contributed by atoms with Gasteiger partial charge in [0.1, 0.15) is 23.8 Å². The van der Waals surface area contributed by atoms with Crippen molar-refractivity contribution < 1.29 is 13.5 Å². The van der Waals surface area contributed by atoms with Crippen LogP contribution in [0.15, 0.2) is 30.7 Å². The van der Waals surface area contributed by atoms with Gasteiger partial charge in [0.05, 0.1) is 18.9 Å². The Kier molecular flexibility index (Phi) is 7.24. The van der Waals surface area contributed by atoms with Crippen molar-refractivity contribution in [3.8, 4) is 11.3 Å². The fraction of sp³-hybridized carbons (Fsp3) is 0.552. The molecule has 208 valence electrons. The molecule has 3 aliphatic rings. The van der Waals surface area contributed by atoms with E-state index in [0.29, 0.717) is 16.7 Å². The van der Waals surface area contributed by atoms with Gasteiger partial charge < -0.3 is 24.4 Å². The smallest absolute Gasteiger partial charge is 0.159 e. The van der Waals surface area contributed by atoms with E-state index < -0.39 is 11.6 Å². The predicted molar refractivity (Wildman–Crippen MR) is 147 cm³/mol. The molecule has 3 saturated heterocycles. The first-order valence-electron chi connectivity index (χ1n) is 14.1. The monoisotopic (exact) mass is 537 g/mol. The minimum atomic E-state index is -0.848. The molecule has 10 heteroatoms. The molecule has 0 bridgehead atoms. The van der Waals surface area contributed by atoms with Crippen molar-refractivity contribution in [2.75, 3.05) is 63.2 Å². The molecule has 2 aromatic heterocycles. The summed E-state index contributed by atoms with van der Waals surface area (Å²) in [5, 5.41) is 3.19. The number of hydrogen-bond acceptors (Lipinski definition) is 7. The average molecular weight is 538 g/mol. The minimum absolute atomic E-state index is 0.279. The van der Waals surface area contributed by atoms with Gasteiger partial charge in [0.2, 0.25) is 0 Å². The highest BCUT2D eigenvalue weighted by atomic mass is 19.2. The first-order valence-corrected chi connectivity index (χ1v) is 14.1. The third kappa shape index (κ3) is 5.12. The van der Waals surface area contributed by atoms with Gasteiger partial charge in [-0.2, -0.15) is 0 Å². The van der Waals surface area contributed by atoms with Gasteiger partial charge in [-0.1, -0.05) is 6.92 Å². The van der Waals surface area contributed by atoms with Gasteiger partial charge >= 0.3 is 0 Å². The zero-order valence-corrected chi connectivity index (χ0v) is 22.8. The standard InChI is InChI=1S/C29H37F2N7O/c1-3-22-26(32-2)33-19-34-28(22)37-9-6-20(7-10-37)27-35-25(21-4-5-23(30)24(31)14-21)15-38(27)13-12-36-11-8-29(16-36)17-39-18-29/h4-5,14-15,19-20H,3,6-13,16-18H2,1-2H3,(H,32,33,34). The lowest BCUT2D eigenvalue weighted by Gasteiger charge is -2.38. The Hall–Kier alpha value is -3.11. The molecule has 0 saturated carbocycles. The molecule has 6 rings (SSSR count). The summed E-state index contributed by atoms with van der Waals surface area (Å²) in [6, 6.07) is 4.04. The molecule has 8 nitrogen and oxygen atoms in total. The lowest BCUT2D eigenvalue weighted by atomic mass is 9.85. The average Bonchev–Trinajstić information content (AvgIpc) is 3.58. The number of piperidine rings is 1. The molecule has 3 aliphatic heterocycles. The van der Waals surface area contributed by atoms with E-state index in [1.165, 1.54) is 18.6 Å². The van der Waals surface area contributed by atoms with E-state index >= 15 is 0 Å². The van der Waals surface area contributed by atoms with Gasteiger partial charge in [-0.25, -0.2) is 23.7 Å². The van der Waals surface area contributed by atoms with E-state index in [1.54, 1.807) is 12.4 Å². The second-order valence-electron chi connectivity index (χ2n) is 11.2. The number of nitrogens with one attached hydrogen (secondary N) is 1. The van der Waals surface area contributed by atoms with E-state index in [1.807, 2.05) is 13.2 Å². The van der Waals surface area contributed by atoms with Crippen molar-refractivity contribution in [2.24, 2.45) is 5.41 Å². The van der Waals surface area contributed by atoms with Crippen LogP contribution in [0.4, 0.5) is 20.4 Å². The number of ether oxygens (including phenoxy) is 1. The SMILES string of the molecule is CCc1c(NC)ncnc1N1CCC(c2nc(-c3ccc(F)c(F)c3)cn2CCN2CCC3(COC3)C2)CC1. The number of aromatic nitrogens is 4. The van der Waals surface area contributed by atoms with Gasteiger partial charge in [0, 0.05) is 68.4 Å². The molecule has 1 N–H and O–H groups in total. The Labute approximate surface area is 228 Å². The first kappa shape index (κ1) is 26.1. The maximum atomic E-state index is 14.1. The van der Waals surface area contributed by atoms with Crippen LogP contribution >= 0.6 is 0 Å². The van der Waals surface area contributed by atoms with Crippen molar-refractivity contribution in [2.45, 2.75) is 45.1 Å². The molecule has 5 heterocycles. The van der Waals surface area contributed by atoms with Gasteiger partial charge in [0.15, 0.2) is 11.6 Å². The molecule has 0 radical (unpaired) electrons. The number of benzene rings is 1. The summed E-state index contributed by atoms with van der Waals surface area (Å²) in [4.78, 5) is 18.9. The minimum Gasteiger partial charge on any atom is -0.380 e. The van der Waals surface area contributed by atoms with E-state index in [9.17, 15) is 8.78 Å². The predicted octanol–water partition coefficient (Wildman–Crippen LogP) is 4.33. The molecule has 3 fully saturated rings. The number of rotatable bonds is 8. The lowest BCUT2D eigenvalue weighted by Crippen LogP contribution is -2.44. The van der Waals surface area contributed by atoms with Crippen molar-refractivity contribution in [1.82, 2.24) is 24.4 Å². The Morgan fingerprint density at radius 2 is 1.90 bits per heavy atom. The van der Waals surface area contributed by atoms with Gasteiger partial charge in [-0.15, -0.1) is 0 Å². The van der Waals surface area contributed by atoms with Crippen LogP contribution in [-0.4, -0.2) is 77.4 Å².